The van der Waals surface area contributed by atoms with Crippen LogP contribution in [-0.2, 0) is 0 Å². The number of hydrogen-bond acceptors (Lipinski definition) is 3. The Morgan fingerprint density at radius 2 is 2.29 bits per heavy atom. The van der Waals surface area contributed by atoms with Crippen LogP contribution in [0.1, 0.15) is 28.9 Å². The summed E-state index contributed by atoms with van der Waals surface area (Å²) in [4.78, 5) is 15.7. The molecule has 0 fully saturated rings. The van der Waals surface area contributed by atoms with E-state index in [1.54, 1.807) is 24.5 Å². The van der Waals surface area contributed by atoms with Crippen molar-refractivity contribution < 1.29 is 4.79 Å². The molecule has 2 aromatic heterocycles. The first-order chi connectivity index (χ1) is 8.16. The van der Waals surface area contributed by atoms with Crippen LogP contribution in [0.2, 0.25) is 5.15 Å². The van der Waals surface area contributed by atoms with Crippen molar-refractivity contribution in [1.29, 1.82) is 0 Å². The van der Waals surface area contributed by atoms with Crippen LogP contribution in [-0.4, -0.2) is 21.1 Å². The van der Waals surface area contributed by atoms with Crippen LogP contribution in [0.25, 0.3) is 0 Å². The van der Waals surface area contributed by atoms with Crippen LogP contribution in [0.3, 0.4) is 0 Å². The van der Waals surface area contributed by atoms with Crippen molar-refractivity contribution >= 4 is 17.5 Å². The monoisotopic (exact) mass is 250 g/mol. The Kier molecular flexibility index (Phi) is 3.39. The van der Waals surface area contributed by atoms with E-state index in [4.69, 9.17) is 11.6 Å². The molecule has 0 bridgehead atoms. The molecule has 88 valence electrons. The molecule has 0 aromatic carbocycles. The average Bonchev–Trinajstić information content (AvgIpc) is 2.83. The second-order valence-electron chi connectivity index (χ2n) is 3.60. The third-order valence-corrected chi connectivity index (χ3v) is 2.58. The number of halogens is 1. The van der Waals surface area contributed by atoms with Gasteiger partial charge in [-0.3, -0.25) is 9.89 Å². The standard InChI is InChI=1S/C11H11ClN4O/c1-7(9-5-14-15-6-9)16-11(17)8-2-3-10(12)13-4-8/h2-7H,1H3,(H,14,15)(H,16,17). The largest absolute Gasteiger partial charge is 0.345 e. The Balaban J connectivity index is 2.04. The molecule has 1 atom stereocenters. The number of pyridine rings is 1. The summed E-state index contributed by atoms with van der Waals surface area (Å²) in [5.74, 6) is -0.192. The van der Waals surface area contributed by atoms with Gasteiger partial charge in [0.15, 0.2) is 0 Å². The van der Waals surface area contributed by atoms with Crippen molar-refractivity contribution in [3.05, 3.63) is 47.0 Å². The SMILES string of the molecule is CC(NC(=O)c1ccc(Cl)nc1)c1cn[nH]c1. The van der Waals surface area contributed by atoms with E-state index in [2.05, 4.69) is 20.5 Å². The quantitative estimate of drug-likeness (QED) is 0.818. The van der Waals surface area contributed by atoms with Crippen molar-refractivity contribution in [2.45, 2.75) is 13.0 Å². The van der Waals surface area contributed by atoms with Gasteiger partial charge >= 0.3 is 0 Å². The maximum absolute atomic E-state index is 11.8. The lowest BCUT2D eigenvalue weighted by Gasteiger charge is -2.11. The van der Waals surface area contributed by atoms with Crippen LogP contribution in [0, 0.1) is 0 Å². The molecule has 2 aromatic rings. The summed E-state index contributed by atoms with van der Waals surface area (Å²) in [5.41, 5.74) is 1.39. The average molecular weight is 251 g/mol. The van der Waals surface area contributed by atoms with Crippen molar-refractivity contribution in [3.8, 4) is 0 Å². The summed E-state index contributed by atoms with van der Waals surface area (Å²) in [7, 11) is 0. The van der Waals surface area contributed by atoms with Gasteiger partial charge < -0.3 is 5.32 Å². The van der Waals surface area contributed by atoms with E-state index in [1.165, 1.54) is 6.20 Å². The van der Waals surface area contributed by atoms with Gasteiger partial charge in [0.05, 0.1) is 17.8 Å². The van der Waals surface area contributed by atoms with E-state index in [9.17, 15) is 4.79 Å². The smallest absolute Gasteiger partial charge is 0.253 e. The third kappa shape index (κ3) is 2.82. The predicted octanol–water partition coefficient (Wildman–Crippen LogP) is 1.95. The minimum atomic E-state index is -0.192. The zero-order valence-electron chi connectivity index (χ0n) is 9.14. The van der Waals surface area contributed by atoms with Crippen LogP contribution < -0.4 is 5.32 Å². The molecule has 2 heterocycles. The molecule has 0 aliphatic heterocycles. The molecule has 0 saturated carbocycles. The lowest BCUT2D eigenvalue weighted by atomic mass is 10.2. The summed E-state index contributed by atoms with van der Waals surface area (Å²) in [6.45, 7) is 1.88. The van der Waals surface area contributed by atoms with Gasteiger partial charge in [0.25, 0.3) is 5.91 Å². The first-order valence-electron chi connectivity index (χ1n) is 5.08. The summed E-state index contributed by atoms with van der Waals surface area (Å²) >= 11 is 5.65. The zero-order chi connectivity index (χ0) is 12.3. The second kappa shape index (κ2) is 4.97. The fourth-order valence-corrected chi connectivity index (χ4v) is 1.48. The highest BCUT2D eigenvalue weighted by atomic mass is 35.5. The number of nitrogens with one attached hydrogen (secondary N) is 2. The molecule has 5 nitrogen and oxygen atoms in total. The molecule has 0 saturated heterocycles. The Bertz CT molecular complexity index is 495. The highest BCUT2D eigenvalue weighted by molar-refractivity contribution is 6.29. The van der Waals surface area contributed by atoms with E-state index in [0.29, 0.717) is 10.7 Å². The second-order valence-corrected chi connectivity index (χ2v) is 3.98. The van der Waals surface area contributed by atoms with E-state index in [1.807, 2.05) is 6.92 Å². The molecular formula is C11H11ClN4O. The van der Waals surface area contributed by atoms with Gasteiger partial charge in [0, 0.05) is 18.0 Å². The van der Waals surface area contributed by atoms with Gasteiger partial charge in [-0.15, -0.1) is 0 Å². The molecule has 1 unspecified atom stereocenters. The lowest BCUT2D eigenvalue weighted by Crippen LogP contribution is -2.26. The number of carbonyl (C=O) groups excluding carboxylic acids is 1. The zero-order valence-corrected chi connectivity index (χ0v) is 9.90. The number of rotatable bonds is 3. The summed E-state index contributed by atoms with van der Waals surface area (Å²) in [6.07, 6.45) is 4.86. The van der Waals surface area contributed by atoms with Gasteiger partial charge in [0.1, 0.15) is 5.15 Å². The molecule has 2 rings (SSSR count). The number of aromatic amines is 1. The maximum Gasteiger partial charge on any atom is 0.253 e. The van der Waals surface area contributed by atoms with Crippen molar-refractivity contribution in [3.63, 3.8) is 0 Å². The molecule has 0 aliphatic rings. The Labute approximate surface area is 103 Å². The number of H-pyrrole nitrogens is 1. The first-order valence-corrected chi connectivity index (χ1v) is 5.45. The fourth-order valence-electron chi connectivity index (χ4n) is 1.37. The van der Waals surface area contributed by atoms with E-state index >= 15 is 0 Å². The fraction of sp³-hybridized carbons (Fsp3) is 0.182. The predicted molar refractivity (Wildman–Crippen MR) is 63.7 cm³/mol. The molecule has 0 aliphatic carbocycles. The first kappa shape index (κ1) is 11.6. The topological polar surface area (TPSA) is 70.7 Å². The molecule has 0 radical (unpaired) electrons. The number of nitrogens with zero attached hydrogens (tertiary/aromatic N) is 2. The van der Waals surface area contributed by atoms with Gasteiger partial charge in [-0.1, -0.05) is 11.6 Å². The number of amides is 1. The third-order valence-electron chi connectivity index (χ3n) is 2.36. The molecule has 6 heteroatoms. The van der Waals surface area contributed by atoms with Crippen LogP contribution in [0.5, 0.6) is 0 Å². The summed E-state index contributed by atoms with van der Waals surface area (Å²) < 4.78 is 0. The molecule has 0 spiro atoms. The molecular weight excluding hydrogens is 240 g/mol. The Morgan fingerprint density at radius 3 is 2.88 bits per heavy atom. The number of carbonyl (C=O) groups is 1. The highest BCUT2D eigenvalue weighted by Gasteiger charge is 2.12. The van der Waals surface area contributed by atoms with E-state index < -0.39 is 0 Å². The molecule has 2 N–H and O–H groups in total. The van der Waals surface area contributed by atoms with E-state index in [0.717, 1.165) is 5.56 Å². The Hall–Kier alpha value is -1.88. The van der Waals surface area contributed by atoms with Crippen LogP contribution in [0.15, 0.2) is 30.7 Å². The minimum Gasteiger partial charge on any atom is -0.345 e. The van der Waals surface area contributed by atoms with Crippen molar-refractivity contribution in [2.75, 3.05) is 0 Å². The van der Waals surface area contributed by atoms with Gasteiger partial charge in [-0.2, -0.15) is 5.10 Å². The van der Waals surface area contributed by atoms with Crippen LogP contribution >= 0.6 is 11.6 Å². The molecule has 1 amide bonds. The van der Waals surface area contributed by atoms with Crippen molar-refractivity contribution in [1.82, 2.24) is 20.5 Å². The highest BCUT2D eigenvalue weighted by Crippen LogP contribution is 2.11. The normalized spacial score (nSPS) is 12.1. The molecule has 17 heavy (non-hydrogen) atoms. The number of aromatic nitrogens is 3. The van der Waals surface area contributed by atoms with Gasteiger partial charge in [0.2, 0.25) is 0 Å². The van der Waals surface area contributed by atoms with Gasteiger partial charge in [-0.05, 0) is 19.1 Å². The lowest BCUT2D eigenvalue weighted by molar-refractivity contribution is 0.0939. The van der Waals surface area contributed by atoms with Gasteiger partial charge in [-0.25, -0.2) is 4.98 Å². The van der Waals surface area contributed by atoms with Crippen LogP contribution in [0.4, 0.5) is 0 Å². The number of hydrogen-bond donors (Lipinski definition) is 2. The minimum absolute atomic E-state index is 0.114. The summed E-state index contributed by atoms with van der Waals surface area (Å²) in [6, 6.07) is 3.10. The van der Waals surface area contributed by atoms with Crippen molar-refractivity contribution in [2.24, 2.45) is 0 Å². The van der Waals surface area contributed by atoms with E-state index in [-0.39, 0.29) is 11.9 Å². The Morgan fingerprint density at radius 1 is 1.47 bits per heavy atom. The summed E-state index contributed by atoms with van der Waals surface area (Å²) in [5, 5.41) is 9.73. The maximum atomic E-state index is 11.8.